The molecule has 2 fully saturated rings. The first-order valence-corrected chi connectivity index (χ1v) is 8.85. The van der Waals surface area contributed by atoms with Gasteiger partial charge in [0, 0.05) is 30.0 Å². The van der Waals surface area contributed by atoms with Crippen molar-refractivity contribution in [2.24, 2.45) is 0 Å². The lowest BCUT2D eigenvalue weighted by Gasteiger charge is -2.56. The van der Waals surface area contributed by atoms with Gasteiger partial charge < -0.3 is 4.74 Å². The molecule has 2 atom stereocenters. The number of imide groups is 1. The van der Waals surface area contributed by atoms with Gasteiger partial charge in [0.2, 0.25) is 11.8 Å². The topological polar surface area (TPSA) is 53.2 Å². The molecule has 2 rings (SSSR count). The molecule has 5 nitrogen and oxygen atoms in total. The van der Waals surface area contributed by atoms with Gasteiger partial charge in [0.05, 0.1) is 6.10 Å². The molecule has 2 amide bonds. The van der Waals surface area contributed by atoms with E-state index in [1.54, 1.807) is 0 Å². The summed E-state index contributed by atoms with van der Waals surface area (Å²) in [4.78, 5) is 28.7. The molecule has 5 heteroatoms. The van der Waals surface area contributed by atoms with Crippen LogP contribution in [0.3, 0.4) is 0 Å². The Labute approximate surface area is 140 Å². The second-order valence-electron chi connectivity index (χ2n) is 8.15. The summed E-state index contributed by atoms with van der Waals surface area (Å²) < 4.78 is 5.74. The Bertz CT molecular complexity index is 453. The summed E-state index contributed by atoms with van der Waals surface area (Å²) in [5.41, 5.74) is -0.246. The maximum atomic E-state index is 12.4. The minimum atomic E-state index is -0.123. The fourth-order valence-corrected chi connectivity index (χ4v) is 4.45. The monoisotopic (exact) mass is 324 g/mol. The van der Waals surface area contributed by atoms with Crippen LogP contribution in [0.5, 0.6) is 0 Å². The van der Waals surface area contributed by atoms with Gasteiger partial charge in [0.1, 0.15) is 6.23 Å². The first kappa shape index (κ1) is 18.4. The summed E-state index contributed by atoms with van der Waals surface area (Å²) in [5.74, 6) is -0.115. The van der Waals surface area contributed by atoms with Crippen LogP contribution >= 0.6 is 0 Å². The van der Waals surface area contributed by atoms with Crippen molar-refractivity contribution in [2.45, 2.75) is 104 Å². The van der Waals surface area contributed by atoms with E-state index < -0.39 is 0 Å². The molecule has 132 valence electrons. The van der Waals surface area contributed by atoms with E-state index in [2.05, 4.69) is 39.5 Å². The summed E-state index contributed by atoms with van der Waals surface area (Å²) in [6, 6.07) is -0.0368. The van der Waals surface area contributed by atoms with Crippen molar-refractivity contribution in [3.05, 3.63) is 0 Å². The van der Waals surface area contributed by atoms with Crippen LogP contribution in [0.25, 0.3) is 0 Å². The lowest BCUT2D eigenvalue weighted by Crippen LogP contribution is -2.66. The summed E-state index contributed by atoms with van der Waals surface area (Å²) in [7, 11) is 0. The Morgan fingerprint density at radius 2 is 1.43 bits per heavy atom. The van der Waals surface area contributed by atoms with Gasteiger partial charge in [-0.05, 0) is 47.5 Å². The van der Waals surface area contributed by atoms with E-state index in [9.17, 15) is 9.59 Å². The zero-order valence-corrected chi connectivity index (χ0v) is 15.7. The van der Waals surface area contributed by atoms with E-state index in [-0.39, 0.29) is 41.3 Å². The first-order valence-electron chi connectivity index (χ1n) is 8.85. The molecular weight excluding hydrogens is 292 g/mol. The molecule has 0 aromatic rings. The number of ether oxygens (including phenoxy) is 1. The number of likely N-dealkylation sites (tertiary alicyclic amines) is 1. The Kier molecular flexibility index (Phi) is 4.94. The fraction of sp³-hybridized carbons (Fsp3) is 0.889. The molecule has 0 spiro atoms. The molecule has 0 N–H and O–H groups in total. The quantitative estimate of drug-likeness (QED) is 0.746. The zero-order chi connectivity index (χ0) is 17.6. The van der Waals surface area contributed by atoms with E-state index in [1.165, 1.54) is 4.90 Å². The maximum Gasteiger partial charge on any atom is 0.229 e. The summed E-state index contributed by atoms with van der Waals surface area (Å²) in [6.45, 7) is 14.5. The van der Waals surface area contributed by atoms with Crippen molar-refractivity contribution >= 4 is 11.8 Å². The highest BCUT2D eigenvalue weighted by Crippen LogP contribution is 2.46. The second-order valence-corrected chi connectivity index (χ2v) is 8.15. The highest BCUT2D eigenvalue weighted by molar-refractivity contribution is 5.95. The Morgan fingerprint density at radius 1 is 1.04 bits per heavy atom. The summed E-state index contributed by atoms with van der Waals surface area (Å²) in [6.07, 6.45) is 2.74. The molecule has 0 bridgehead atoms. The first-order chi connectivity index (χ1) is 10.5. The number of hydrogen-bond donors (Lipinski definition) is 0. The number of nitrogens with zero attached hydrogens (tertiary/aromatic N) is 2. The van der Waals surface area contributed by atoms with Gasteiger partial charge in [-0.3, -0.25) is 19.4 Å². The van der Waals surface area contributed by atoms with Crippen molar-refractivity contribution in [1.82, 2.24) is 9.80 Å². The van der Waals surface area contributed by atoms with Crippen LogP contribution < -0.4 is 0 Å². The van der Waals surface area contributed by atoms with Gasteiger partial charge in [-0.25, -0.2) is 0 Å². The van der Waals surface area contributed by atoms with Crippen LogP contribution in [-0.2, 0) is 14.3 Å². The number of rotatable bonds is 4. The second kappa shape index (κ2) is 6.17. The number of carbonyl (C=O) groups excluding carboxylic acids is 2. The maximum absolute atomic E-state index is 12.4. The van der Waals surface area contributed by atoms with Crippen molar-refractivity contribution in [3.8, 4) is 0 Å². The molecule has 0 saturated carbocycles. The number of carbonyl (C=O) groups is 2. The molecule has 0 aliphatic carbocycles. The van der Waals surface area contributed by atoms with E-state index in [1.807, 2.05) is 13.8 Å². The predicted octanol–water partition coefficient (Wildman–Crippen LogP) is 2.93. The Balaban J connectivity index is 2.29. The highest BCUT2D eigenvalue weighted by atomic mass is 16.6. The van der Waals surface area contributed by atoms with E-state index >= 15 is 0 Å². The van der Waals surface area contributed by atoms with Gasteiger partial charge in [-0.15, -0.1) is 0 Å². The standard InChI is InChI=1S/C18H32N2O3/c1-8-14(21)19(15(22)9-2)13-10-17(4,5)20(16-12(3)23-16)18(6,7)11-13/h12-13,16H,8-11H2,1-7H3. The van der Waals surface area contributed by atoms with Gasteiger partial charge in [0.15, 0.2) is 0 Å². The van der Waals surface area contributed by atoms with Gasteiger partial charge >= 0.3 is 0 Å². The van der Waals surface area contributed by atoms with Crippen molar-refractivity contribution in [1.29, 1.82) is 0 Å². The van der Waals surface area contributed by atoms with E-state index in [0.29, 0.717) is 12.8 Å². The largest absolute Gasteiger partial charge is 0.353 e. The highest BCUT2D eigenvalue weighted by Gasteiger charge is 2.56. The van der Waals surface area contributed by atoms with Crippen LogP contribution in [0.15, 0.2) is 0 Å². The molecule has 0 radical (unpaired) electrons. The van der Waals surface area contributed by atoms with E-state index in [4.69, 9.17) is 4.74 Å². The third-order valence-electron chi connectivity index (χ3n) is 5.22. The van der Waals surface area contributed by atoms with Gasteiger partial charge in [0.25, 0.3) is 0 Å². The Morgan fingerprint density at radius 3 is 1.74 bits per heavy atom. The number of epoxide rings is 1. The molecule has 2 unspecified atom stereocenters. The van der Waals surface area contributed by atoms with E-state index in [0.717, 1.165) is 12.8 Å². The molecule has 23 heavy (non-hydrogen) atoms. The third-order valence-corrected chi connectivity index (χ3v) is 5.22. The van der Waals surface area contributed by atoms with Crippen LogP contribution in [0.2, 0.25) is 0 Å². The minimum absolute atomic E-state index is 0.0368. The predicted molar refractivity (Wildman–Crippen MR) is 89.8 cm³/mol. The van der Waals surface area contributed by atoms with Crippen LogP contribution in [0, 0.1) is 0 Å². The lowest BCUT2D eigenvalue weighted by atomic mass is 9.76. The molecule has 2 heterocycles. The average Bonchev–Trinajstić information content (AvgIpc) is 3.11. The molecule has 2 aliphatic heterocycles. The minimum Gasteiger partial charge on any atom is -0.353 e. The molecular formula is C18H32N2O3. The lowest BCUT2D eigenvalue weighted by molar-refractivity contribution is -0.154. The normalized spacial score (nSPS) is 30.0. The molecule has 2 aliphatic rings. The average molecular weight is 324 g/mol. The smallest absolute Gasteiger partial charge is 0.229 e. The van der Waals surface area contributed by atoms with Gasteiger partial charge in [-0.1, -0.05) is 13.8 Å². The van der Waals surface area contributed by atoms with Crippen LogP contribution in [0.1, 0.15) is 74.1 Å². The Hall–Kier alpha value is -0.940. The van der Waals surface area contributed by atoms with Crippen molar-refractivity contribution in [2.75, 3.05) is 0 Å². The summed E-state index contributed by atoms with van der Waals surface area (Å²) >= 11 is 0. The molecule has 0 aromatic carbocycles. The molecule has 2 saturated heterocycles. The zero-order valence-electron chi connectivity index (χ0n) is 15.7. The van der Waals surface area contributed by atoms with Crippen LogP contribution in [-0.4, -0.2) is 51.1 Å². The fourth-order valence-electron chi connectivity index (χ4n) is 4.45. The third kappa shape index (κ3) is 3.45. The summed E-state index contributed by atoms with van der Waals surface area (Å²) in [5, 5.41) is 0. The van der Waals surface area contributed by atoms with Crippen molar-refractivity contribution < 1.29 is 14.3 Å². The van der Waals surface area contributed by atoms with Gasteiger partial charge in [-0.2, -0.15) is 0 Å². The SMILES string of the molecule is CCC(=O)N(C(=O)CC)C1CC(C)(C)N(C2OC2C)C(C)(C)C1. The van der Waals surface area contributed by atoms with Crippen molar-refractivity contribution in [3.63, 3.8) is 0 Å². The molecule has 0 aromatic heterocycles. The number of piperidine rings is 1. The number of hydrogen-bond acceptors (Lipinski definition) is 4. The number of amides is 2. The van der Waals surface area contributed by atoms with Crippen LogP contribution in [0.4, 0.5) is 0 Å².